The van der Waals surface area contributed by atoms with Crippen LogP contribution in [-0.2, 0) is 9.47 Å². The van der Waals surface area contributed by atoms with Crippen LogP contribution in [0.5, 0.6) is 0 Å². The van der Waals surface area contributed by atoms with Crippen LogP contribution >= 0.6 is 0 Å². The molecule has 2 heterocycles. The van der Waals surface area contributed by atoms with Crippen LogP contribution in [0.15, 0.2) is 6.33 Å². The summed E-state index contributed by atoms with van der Waals surface area (Å²) in [5, 5.41) is 19.5. The van der Waals surface area contributed by atoms with Crippen LogP contribution in [0.2, 0.25) is 0 Å². The van der Waals surface area contributed by atoms with E-state index in [0.717, 1.165) is 0 Å². The minimum atomic E-state index is -1.15. The molecule has 3 atom stereocenters. The molecule has 0 unspecified atom stereocenters. The lowest BCUT2D eigenvalue weighted by molar-refractivity contribution is -0.129. The zero-order valence-corrected chi connectivity index (χ0v) is 11.7. The Balaban J connectivity index is 2.48. The van der Waals surface area contributed by atoms with E-state index in [-0.39, 0.29) is 18.4 Å². The maximum Gasteiger partial charge on any atom is 0.224 e. The third-order valence-electron chi connectivity index (χ3n) is 3.14. The average Bonchev–Trinajstić information content (AvgIpc) is 2.85. The molecule has 0 spiro atoms. The highest BCUT2D eigenvalue weighted by Gasteiger charge is 2.30. The molecule has 21 heavy (non-hydrogen) atoms. The topological polar surface area (TPSA) is 155 Å². The summed E-state index contributed by atoms with van der Waals surface area (Å²) in [6.45, 7) is -0.372. The van der Waals surface area contributed by atoms with E-state index >= 15 is 0 Å². The number of ether oxygens (including phenoxy) is 2. The van der Waals surface area contributed by atoms with Gasteiger partial charge < -0.3 is 31.2 Å². The number of aromatic nitrogens is 4. The molecule has 0 aliphatic heterocycles. The van der Waals surface area contributed by atoms with Gasteiger partial charge in [0.05, 0.1) is 12.9 Å². The number of anilines is 2. The first-order valence-corrected chi connectivity index (χ1v) is 6.13. The fourth-order valence-corrected chi connectivity index (χ4v) is 2.07. The van der Waals surface area contributed by atoms with E-state index in [0.29, 0.717) is 11.2 Å². The predicted octanol–water partition coefficient (Wildman–Crippen LogP) is -1.50. The van der Waals surface area contributed by atoms with Gasteiger partial charge in [0.25, 0.3) is 0 Å². The van der Waals surface area contributed by atoms with Crippen molar-refractivity contribution in [2.75, 3.05) is 32.3 Å². The Hall–Kier alpha value is -2.01. The molecule has 10 nitrogen and oxygen atoms in total. The maximum atomic E-state index is 10.3. The van der Waals surface area contributed by atoms with E-state index in [1.165, 1.54) is 25.1 Å². The van der Waals surface area contributed by atoms with Crippen LogP contribution < -0.4 is 11.5 Å². The number of fused-ring (bicyclic) bond motifs is 1. The van der Waals surface area contributed by atoms with Gasteiger partial charge in [-0.3, -0.25) is 4.57 Å². The van der Waals surface area contributed by atoms with Gasteiger partial charge in [0, 0.05) is 14.2 Å². The largest absolute Gasteiger partial charge is 0.394 e. The Bertz CT molecular complexity index is 614. The molecule has 0 aliphatic rings. The molecule has 0 amide bonds. The molecule has 0 saturated carbocycles. The highest BCUT2D eigenvalue weighted by atomic mass is 16.5. The first-order chi connectivity index (χ1) is 10.0. The highest BCUT2D eigenvalue weighted by Crippen LogP contribution is 2.24. The average molecular weight is 298 g/mol. The SMILES string of the molecule is CO[C@H]([C@H](O)[C@@H](CO)OC)n1cnc2c(N)nc(N)nc21. The van der Waals surface area contributed by atoms with Gasteiger partial charge >= 0.3 is 0 Å². The van der Waals surface area contributed by atoms with E-state index < -0.39 is 18.4 Å². The van der Waals surface area contributed by atoms with E-state index in [9.17, 15) is 10.2 Å². The molecule has 0 aromatic carbocycles. The summed E-state index contributed by atoms with van der Waals surface area (Å²) < 4.78 is 11.7. The molecule has 0 radical (unpaired) electrons. The van der Waals surface area contributed by atoms with Crippen LogP contribution in [0.4, 0.5) is 11.8 Å². The number of nitrogens with zero attached hydrogens (tertiary/aromatic N) is 4. The minimum absolute atomic E-state index is 0.0171. The van der Waals surface area contributed by atoms with Crippen LogP contribution in [-0.4, -0.2) is 62.8 Å². The van der Waals surface area contributed by atoms with Crippen molar-refractivity contribution in [2.24, 2.45) is 0 Å². The number of aliphatic hydroxyl groups is 2. The standard InChI is InChI=1S/C11H18N6O4/c1-20-5(3-18)7(19)10(21-2)17-4-14-6-8(12)15-11(13)16-9(6)17/h4-5,7,10,18-19H,3H2,1-2H3,(H4,12,13,15,16)/t5-,7-,10-/m1/s1. The van der Waals surface area contributed by atoms with Gasteiger partial charge in [-0.1, -0.05) is 0 Å². The second-order valence-corrected chi connectivity index (χ2v) is 4.36. The first kappa shape index (κ1) is 15.4. The van der Waals surface area contributed by atoms with Gasteiger partial charge in [0.1, 0.15) is 17.7 Å². The number of methoxy groups -OCH3 is 2. The fraction of sp³-hybridized carbons (Fsp3) is 0.545. The van der Waals surface area contributed by atoms with E-state index in [2.05, 4.69) is 15.0 Å². The number of hydrogen-bond acceptors (Lipinski definition) is 9. The summed E-state index contributed by atoms with van der Waals surface area (Å²) in [4.78, 5) is 11.9. The van der Waals surface area contributed by atoms with Gasteiger partial charge in [-0.15, -0.1) is 0 Å². The summed E-state index contributed by atoms with van der Waals surface area (Å²) in [6.07, 6.45) is -1.47. The molecule has 0 fully saturated rings. The lowest BCUT2D eigenvalue weighted by Crippen LogP contribution is -2.39. The smallest absolute Gasteiger partial charge is 0.224 e. The lowest BCUT2D eigenvalue weighted by atomic mass is 10.2. The quantitative estimate of drug-likeness (QED) is 0.498. The molecule has 10 heteroatoms. The summed E-state index contributed by atoms with van der Waals surface area (Å²) in [7, 11) is 2.78. The van der Waals surface area contributed by atoms with Gasteiger partial charge in [-0.05, 0) is 0 Å². The minimum Gasteiger partial charge on any atom is -0.394 e. The predicted molar refractivity (Wildman–Crippen MR) is 74.1 cm³/mol. The summed E-state index contributed by atoms with van der Waals surface area (Å²) in [6, 6.07) is 0. The van der Waals surface area contributed by atoms with E-state index in [4.69, 9.17) is 20.9 Å². The molecule has 0 bridgehead atoms. The third-order valence-corrected chi connectivity index (χ3v) is 3.14. The number of nitrogens with two attached hydrogens (primary N) is 2. The van der Waals surface area contributed by atoms with Gasteiger partial charge in [0.15, 0.2) is 17.7 Å². The van der Waals surface area contributed by atoms with E-state index in [1.54, 1.807) is 0 Å². The second kappa shape index (κ2) is 6.18. The number of aliphatic hydroxyl groups excluding tert-OH is 2. The normalized spacial score (nSPS) is 16.0. The van der Waals surface area contributed by atoms with E-state index in [1.807, 2.05) is 0 Å². The zero-order chi connectivity index (χ0) is 15.6. The summed E-state index contributed by atoms with van der Waals surface area (Å²) >= 11 is 0. The van der Waals surface area contributed by atoms with Crippen molar-refractivity contribution in [3.05, 3.63) is 6.33 Å². The Kier molecular flexibility index (Phi) is 4.53. The first-order valence-electron chi connectivity index (χ1n) is 6.13. The maximum absolute atomic E-state index is 10.3. The van der Waals surface area contributed by atoms with Gasteiger partial charge in [0.2, 0.25) is 5.95 Å². The van der Waals surface area contributed by atoms with Crippen molar-refractivity contribution >= 4 is 22.9 Å². The molecule has 2 rings (SSSR count). The van der Waals surface area contributed by atoms with Crippen molar-refractivity contribution in [3.63, 3.8) is 0 Å². The Labute approximate surface area is 120 Å². The third kappa shape index (κ3) is 2.74. The number of hydrogen-bond donors (Lipinski definition) is 4. The number of nitrogen functional groups attached to an aromatic ring is 2. The van der Waals surface area contributed by atoms with Crippen molar-refractivity contribution in [1.29, 1.82) is 0 Å². The lowest BCUT2D eigenvalue weighted by Gasteiger charge is -2.27. The summed E-state index contributed by atoms with van der Waals surface area (Å²) in [5.41, 5.74) is 12.0. The number of rotatable bonds is 6. The van der Waals surface area contributed by atoms with Crippen LogP contribution in [0, 0.1) is 0 Å². The van der Waals surface area contributed by atoms with Crippen molar-refractivity contribution in [3.8, 4) is 0 Å². The van der Waals surface area contributed by atoms with Crippen molar-refractivity contribution < 1.29 is 19.7 Å². The molecular formula is C11H18N6O4. The Morgan fingerprint density at radius 3 is 2.57 bits per heavy atom. The Morgan fingerprint density at radius 1 is 1.29 bits per heavy atom. The zero-order valence-electron chi connectivity index (χ0n) is 11.7. The fourth-order valence-electron chi connectivity index (χ4n) is 2.07. The molecule has 6 N–H and O–H groups in total. The van der Waals surface area contributed by atoms with Crippen LogP contribution in [0.1, 0.15) is 6.23 Å². The molecular weight excluding hydrogens is 280 g/mol. The molecule has 0 aliphatic carbocycles. The molecule has 116 valence electrons. The second-order valence-electron chi connectivity index (χ2n) is 4.36. The molecule has 0 saturated heterocycles. The van der Waals surface area contributed by atoms with Crippen LogP contribution in [0.3, 0.4) is 0 Å². The van der Waals surface area contributed by atoms with Crippen molar-refractivity contribution in [1.82, 2.24) is 19.5 Å². The van der Waals surface area contributed by atoms with Crippen molar-refractivity contribution in [2.45, 2.75) is 18.4 Å². The van der Waals surface area contributed by atoms with Gasteiger partial charge in [-0.25, -0.2) is 4.98 Å². The molecule has 2 aromatic rings. The Morgan fingerprint density at radius 2 is 2.00 bits per heavy atom. The number of imidazole rings is 1. The monoisotopic (exact) mass is 298 g/mol. The van der Waals surface area contributed by atoms with Gasteiger partial charge in [-0.2, -0.15) is 9.97 Å². The highest BCUT2D eigenvalue weighted by molar-refractivity contribution is 5.82. The van der Waals surface area contributed by atoms with Crippen LogP contribution in [0.25, 0.3) is 11.2 Å². The summed E-state index contributed by atoms with van der Waals surface area (Å²) in [5.74, 6) is 0.114. The molecule has 2 aromatic heterocycles.